The van der Waals surface area contributed by atoms with Crippen molar-refractivity contribution in [3.8, 4) is 0 Å². The number of nitrogens with zero attached hydrogens (tertiary/aromatic N) is 3. The third-order valence-corrected chi connectivity index (χ3v) is 6.24. The van der Waals surface area contributed by atoms with Crippen LogP contribution in [0.15, 0.2) is 28.6 Å². The molecule has 0 spiro atoms. The third kappa shape index (κ3) is 4.15. The van der Waals surface area contributed by atoms with E-state index in [9.17, 15) is 14.4 Å². The fourth-order valence-corrected chi connectivity index (χ4v) is 4.01. The Morgan fingerprint density at radius 1 is 1.32 bits per heavy atom. The minimum Gasteiger partial charge on any atom is -0.465 e. The van der Waals surface area contributed by atoms with Crippen molar-refractivity contribution in [3.05, 3.63) is 39.8 Å². The molecule has 2 N–H and O–H groups in total. The molecular weight excluding hydrogens is 418 g/mol. The van der Waals surface area contributed by atoms with Gasteiger partial charge in [-0.2, -0.15) is 5.10 Å². The number of ether oxygens (including phenoxy) is 1. The molecule has 1 fully saturated rings. The number of amides is 1. The molecule has 3 aromatic rings. The molecular formula is C21H23N5O4S. The highest BCUT2D eigenvalue weighted by atomic mass is 32.1. The molecule has 0 aromatic carbocycles. The van der Waals surface area contributed by atoms with E-state index in [1.54, 1.807) is 17.6 Å². The number of carbonyl (C=O) groups excluding carboxylic acids is 2. The molecule has 1 aliphatic rings. The standard InChI is InChI=1S/C21H23N5O4S/c1-4-11(2)26-20(28)18-15(10-31-16(18)9-23-26)24-14-7-17(25-19(27)12-5-6-12)22-8-13(14)21(29)30-3/h7-12H,4-6H2,1-3H3,(H2,22,24,25,27). The predicted molar refractivity (Wildman–Crippen MR) is 119 cm³/mol. The molecule has 4 rings (SSSR count). The van der Waals surface area contributed by atoms with Gasteiger partial charge in [-0.15, -0.1) is 11.3 Å². The largest absolute Gasteiger partial charge is 0.465 e. The molecule has 3 aromatic heterocycles. The Labute approximate surface area is 182 Å². The van der Waals surface area contributed by atoms with Gasteiger partial charge < -0.3 is 15.4 Å². The molecule has 0 bridgehead atoms. The van der Waals surface area contributed by atoms with E-state index in [-0.39, 0.29) is 29.0 Å². The van der Waals surface area contributed by atoms with E-state index in [0.29, 0.717) is 22.6 Å². The van der Waals surface area contributed by atoms with Crippen LogP contribution in [0.5, 0.6) is 0 Å². The van der Waals surface area contributed by atoms with E-state index in [2.05, 4.69) is 20.7 Å². The lowest BCUT2D eigenvalue weighted by Gasteiger charge is -2.13. The number of aromatic nitrogens is 3. The van der Waals surface area contributed by atoms with Crippen molar-refractivity contribution in [2.45, 2.75) is 39.2 Å². The molecule has 1 unspecified atom stereocenters. The van der Waals surface area contributed by atoms with Crippen molar-refractivity contribution in [3.63, 3.8) is 0 Å². The van der Waals surface area contributed by atoms with Gasteiger partial charge in [0.15, 0.2) is 0 Å². The van der Waals surface area contributed by atoms with E-state index in [0.717, 1.165) is 24.0 Å². The molecule has 1 amide bonds. The number of carbonyl (C=O) groups is 2. The molecule has 10 heteroatoms. The molecule has 1 aliphatic carbocycles. The summed E-state index contributed by atoms with van der Waals surface area (Å²) >= 11 is 1.38. The molecule has 1 saturated carbocycles. The van der Waals surface area contributed by atoms with Crippen LogP contribution in [-0.4, -0.2) is 33.8 Å². The summed E-state index contributed by atoms with van der Waals surface area (Å²) in [5.41, 5.74) is 0.938. The summed E-state index contributed by atoms with van der Waals surface area (Å²) in [4.78, 5) is 41.6. The van der Waals surface area contributed by atoms with Gasteiger partial charge in [0.05, 0.1) is 40.8 Å². The van der Waals surface area contributed by atoms with Crippen LogP contribution in [0.3, 0.4) is 0 Å². The van der Waals surface area contributed by atoms with Crippen LogP contribution in [0.25, 0.3) is 10.1 Å². The Balaban J connectivity index is 1.75. The van der Waals surface area contributed by atoms with Gasteiger partial charge in [0.2, 0.25) is 5.91 Å². The minimum absolute atomic E-state index is 0.0193. The number of pyridine rings is 1. The summed E-state index contributed by atoms with van der Waals surface area (Å²) in [5, 5.41) is 12.5. The Bertz CT molecular complexity index is 1210. The Morgan fingerprint density at radius 2 is 2.10 bits per heavy atom. The Morgan fingerprint density at radius 3 is 2.77 bits per heavy atom. The van der Waals surface area contributed by atoms with E-state index in [1.165, 1.54) is 29.3 Å². The van der Waals surface area contributed by atoms with Gasteiger partial charge in [0.25, 0.3) is 5.56 Å². The zero-order valence-electron chi connectivity index (χ0n) is 17.5. The van der Waals surface area contributed by atoms with Gasteiger partial charge in [0, 0.05) is 23.6 Å². The van der Waals surface area contributed by atoms with Gasteiger partial charge in [-0.25, -0.2) is 14.5 Å². The summed E-state index contributed by atoms with van der Waals surface area (Å²) in [6.07, 6.45) is 5.54. The maximum atomic E-state index is 13.1. The highest BCUT2D eigenvalue weighted by Crippen LogP contribution is 2.33. The number of rotatable bonds is 7. The van der Waals surface area contributed by atoms with Crippen LogP contribution < -0.4 is 16.2 Å². The number of anilines is 3. The highest BCUT2D eigenvalue weighted by molar-refractivity contribution is 7.17. The lowest BCUT2D eigenvalue weighted by Crippen LogP contribution is -2.25. The predicted octanol–water partition coefficient (Wildman–Crippen LogP) is 3.70. The van der Waals surface area contributed by atoms with Gasteiger partial charge in [-0.1, -0.05) is 6.92 Å². The second-order valence-corrected chi connectivity index (χ2v) is 8.45. The number of hydrogen-bond acceptors (Lipinski definition) is 8. The molecule has 1 atom stereocenters. The van der Waals surface area contributed by atoms with Crippen LogP contribution in [0.2, 0.25) is 0 Å². The van der Waals surface area contributed by atoms with Gasteiger partial charge in [-0.3, -0.25) is 9.59 Å². The van der Waals surface area contributed by atoms with Gasteiger partial charge >= 0.3 is 5.97 Å². The van der Waals surface area contributed by atoms with Crippen molar-refractivity contribution in [2.24, 2.45) is 5.92 Å². The maximum Gasteiger partial charge on any atom is 0.341 e. The van der Waals surface area contributed by atoms with Crippen LogP contribution in [0, 0.1) is 5.92 Å². The molecule has 0 aliphatic heterocycles. The smallest absolute Gasteiger partial charge is 0.341 e. The molecule has 0 radical (unpaired) electrons. The average molecular weight is 442 g/mol. The van der Waals surface area contributed by atoms with Gasteiger partial charge in [-0.05, 0) is 26.2 Å². The number of hydrogen-bond donors (Lipinski definition) is 2. The number of methoxy groups -OCH3 is 1. The van der Waals surface area contributed by atoms with Crippen molar-refractivity contribution >= 4 is 50.5 Å². The third-order valence-electron chi connectivity index (χ3n) is 5.33. The fraction of sp³-hybridized carbons (Fsp3) is 0.381. The number of thiophene rings is 1. The Hall–Kier alpha value is -3.27. The first kappa shape index (κ1) is 21.0. The number of nitrogens with one attached hydrogen (secondary N) is 2. The summed E-state index contributed by atoms with van der Waals surface area (Å²) in [6.45, 7) is 3.93. The second-order valence-electron chi connectivity index (χ2n) is 7.54. The minimum atomic E-state index is -0.576. The summed E-state index contributed by atoms with van der Waals surface area (Å²) < 4.78 is 7.07. The Kier molecular flexibility index (Phi) is 5.73. The normalized spacial score (nSPS) is 14.3. The van der Waals surface area contributed by atoms with E-state index < -0.39 is 5.97 Å². The summed E-state index contributed by atoms with van der Waals surface area (Å²) in [5.74, 6) is -0.322. The van der Waals surface area contributed by atoms with Crippen LogP contribution in [-0.2, 0) is 9.53 Å². The zero-order chi connectivity index (χ0) is 22.1. The molecule has 162 valence electrons. The van der Waals surface area contributed by atoms with Crippen LogP contribution >= 0.6 is 11.3 Å². The lowest BCUT2D eigenvalue weighted by atomic mass is 10.2. The molecule has 3 heterocycles. The molecule has 0 saturated heterocycles. The fourth-order valence-electron chi connectivity index (χ4n) is 3.17. The molecule has 9 nitrogen and oxygen atoms in total. The topological polar surface area (TPSA) is 115 Å². The number of fused-ring (bicyclic) bond motifs is 1. The monoisotopic (exact) mass is 441 g/mol. The first-order chi connectivity index (χ1) is 14.9. The van der Waals surface area contributed by atoms with Crippen LogP contribution in [0.1, 0.15) is 49.5 Å². The summed E-state index contributed by atoms with van der Waals surface area (Å²) in [7, 11) is 1.28. The van der Waals surface area contributed by atoms with Crippen molar-refractivity contribution < 1.29 is 14.3 Å². The zero-order valence-corrected chi connectivity index (χ0v) is 18.3. The second kappa shape index (κ2) is 8.46. The first-order valence-corrected chi connectivity index (χ1v) is 11.0. The SMILES string of the molecule is CCC(C)n1ncc2scc(Nc3cc(NC(=O)C4CC4)ncc3C(=O)OC)c2c1=O. The van der Waals surface area contributed by atoms with Crippen LogP contribution in [0.4, 0.5) is 17.2 Å². The number of esters is 1. The van der Waals surface area contributed by atoms with E-state index in [1.807, 2.05) is 13.8 Å². The molecule has 31 heavy (non-hydrogen) atoms. The first-order valence-electron chi connectivity index (χ1n) is 10.1. The van der Waals surface area contributed by atoms with Crippen molar-refractivity contribution in [1.82, 2.24) is 14.8 Å². The van der Waals surface area contributed by atoms with Crippen molar-refractivity contribution in [1.29, 1.82) is 0 Å². The lowest BCUT2D eigenvalue weighted by molar-refractivity contribution is -0.117. The summed E-state index contributed by atoms with van der Waals surface area (Å²) in [6, 6.07) is 1.53. The van der Waals surface area contributed by atoms with E-state index in [4.69, 9.17) is 4.74 Å². The maximum absolute atomic E-state index is 13.1. The van der Waals surface area contributed by atoms with Gasteiger partial charge in [0.1, 0.15) is 11.4 Å². The van der Waals surface area contributed by atoms with E-state index >= 15 is 0 Å². The average Bonchev–Trinajstić information content (AvgIpc) is 3.55. The van der Waals surface area contributed by atoms with Crippen molar-refractivity contribution in [2.75, 3.05) is 17.7 Å². The quantitative estimate of drug-likeness (QED) is 0.537. The highest BCUT2D eigenvalue weighted by Gasteiger charge is 2.30.